The van der Waals surface area contributed by atoms with Crippen molar-refractivity contribution in [1.29, 1.82) is 0 Å². The molecule has 1 aliphatic heterocycles. The molecule has 0 fully saturated rings. The fraction of sp³-hybridized carbons (Fsp3) is 0.400. The standard InChI is InChI=1S/C15H18FN3S/c1-10(14-5-7-17-19(14)2)18-13-6-8-20-15-4-3-11(16)9-12(13)15/h3-5,7,9-10,13,18H,6,8H2,1-2H3. The second kappa shape index (κ2) is 5.58. The van der Waals surface area contributed by atoms with Crippen LogP contribution in [0.25, 0.3) is 0 Å². The van der Waals surface area contributed by atoms with Crippen LogP contribution in [-0.2, 0) is 7.05 Å². The molecule has 106 valence electrons. The SMILES string of the molecule is CC(NC1CCSc2ccc(F)cc21)c1ccnn1C. The molecular weight excluding hydrogens is 273 g/mol. The van der Waals surface area contributed by atoms with Crippen LogP contribution in [0.1, 0.15) is 36.7 Å². The minimum atomic E-state index is -0.161. The number of aromatic nitrogens is 2. The molecule has 3 rings (SSSR count). The van der Waals surface area contributed by atoms with Crippen molar-refractivity contribution in [2.24, 2.45) is 7.05 Å². The van der Waals surface area contributed by atoms with Gasteiger partial charge >= 0.3 is 0 Å². The molecule has 1 N–H and O–H groups in total. The van der Waals surface area contributed by atoms with Crippen LogP contribution in [0.15, 0.2) is 35.4 Å². The van der Waals surface area contributed by atoms with Gasteiger partial charge in [0.15, 0.2) is 0 Å². The summed E-state index contributed by atoms with van der Waals surface area (Å²) in [6, 6.07) is 7.49. The Labute approximate surface area is 122 Å². The molecule has 5 heteroatoms. The van der Waals surface area contributed by atoms with Crippen LogP contribution < -0.4 is 5.32 Å². The van der Waals surface area contributed by atoms with Crippen molar-refractivity contribution in [2.75, 3.05) is 5.75 Å². The Hall–Kier alpha value is -1.33. The maximum Gasteiger partial charge on any atom is 0.123 e. The molecule has 2 unspecified atom stereocenters. The van der Waals surface area contributed by atoms with Crippen molar-refractivity contribution in [3.8, 4) is 0 Å². The normalized spacial score (nSPS) is 19.6. The Morgan fingerprint density at radius 3 is 3.05 bits per heavy atom. The highest BCUT2D eigenvalue weighted by atomic mass is 32.2. The number of aryl methyl sites for hydroxylation is 1. The van der Waals surface area contributed by atoms with Crippen molar-refractivity contribution in [2.45, 2.75) is 30.3 Å². The van der Waals surface area contributed by atoms with Crippen molar-refractivity contribution >= 4 is 11.8 Å². The van der Waals surface area contributed by atoms with E-state index in [0.29, 0.717) is 0 Å². The molecule has 1 aliphatic rings. The molecule has 3 nitrogen and oxygen atoms in total. The molecule has 0 bridgehead atoms. The van der Waals surface area contributed by atoms with Crippen molar-refractivity contribution in [1.82, 2.24) is 15.1 Å². The summed E-state index contributed by atoms with van der Waals surface area (Å²) in [7, 11) is 1.94. The van der Waals surface area contributed by atoms with Crippen molar-refractivity contribution in [3.63, 3.8) is 0 Å². The van der Waals surface area contributed by atoms with E-state index >= 15 is 0 Å². The summed E-state index contributed by atoms with van der Waals surface area (Å²) < 4.78 is 15.4. The van der Waals surface area contributed by atoms with Gasteiger partial charge in [0, 0.05) is 30.2 Å². The second-order valence-electron chi connectivity index (χ2n) is 5.14. The van der Waals surface area contributed by atoms with Gasteiger partial charge in [-0.05, 0) is 48.9 Å². The topological polar surface area (TPSA) is 29.9 Å². The molecule has 2 heterocycles. The third kappa shape index (κ3) is 2.60. The van der Waals surface area contributed by atoms with Gasteiger partial charge in [-0.25, -0.2) is 4.39 Å². The van der Waals surface area contributed by atoms with Crippen LogP contribution in [-0.4, -0.2) is 15.5 Å². The van der Waals surface area contributed by atoms with Crippen molar-refractivity contribution in [3.05, 3.63) is 47.5 Å². The maximum atomic E-state index is 13.5. The zero-order chi connectivity index (χ0) is 14.1. The zero-order valence-corrected chi connectivity index (χ0v) is 12.5. The Morgan fingerprint density at radius 1 is 1.45 bits per heavy atom. The fourth-order valence-electron chi connectivity index (χ4n) is 2.73. The zero-order valence-electron chi connectivity index (χ0n) is 11.6. The van der Waals surface area contributed by atoms with E-state index in [1.165, 1.54) is 4.90 Å². The predicted molar refractivity (Wildman–Crippen MR) is 79.2 cm³/mol. The molecule has 2 aromatic rings. The highest BCUT2D eigenvalue weighted by Crippen LogP contribution is 2.37. The average Bonchev–Trinajstić information content (AvgIpc) is 2.86. The van der Waals surface area contributed by atoms with E-state index in [2.05, 4.69) is 17.3 Å². The van der Waals surface area contributed by atoms with Crippen LogP contribution >= 0.6 is 11.8 Å². The lowest BCUT2D eigenvalue weighted by molar-refractivity contribution is 0.430. The van der Waals surface area contributed by atoms with Gasteiger partial charge in [0.25, 0.3) is 0 Å². The summed E-state index contributed by atoms with van der Waals surface area (Å²) >= 11 is 1.80. The van der Waals surface area contributed by atoms with E-state index in [0.717, 1.165) is 23.4 Å². The molecule has 0 saturated carbocycles. The van der Waals surface area contributed by atoms with Crippen LogP contribution in [0, 0.1) is 5.82 Å². The minimum absolute atomic E-state index is 0.161. The van der Waals surface area contributed by atoms with Gasteiger partial charge in [-0.15, -0.1) is 11.8 Å². The summed E-state index contributed by atoms with van der Waals surface area (Å²) in [5.41, 5.74) is 2.22. The van der Waals surface area contributed by atoms with Crippen LogP contribution in [0.4, 0.5) is 4.39 Å². The van der Waals surface area contributed by atoms with Crippen LogP contribution in [0.5, 0.6) is 0 Å². The number of hydrogen-bond donors (Lipinski definition) is 1. The van der Waals surface area contributed by atoms with E-state index in [1.54, 1.807) is 30.1 Å². The number of halogens is 1. The molecule has 0 amide bonds. The summed E-state index contributed by atoms with van der Waals surface area (Å²) in [4.78, 5) is 1.19. The second-order valence-corrected chi connectivity index (χ2v) is 6.28. The van der Waals surface area contributed by atoms with Gasteiger partial charge in [0.05, 0.1) is 5.69 Å². The average molecular weight is 291 g/mol. The number of rotatable bonds is 3. The molecule has 2 atom stereocenters. The number of nitrogens with one attached hydrogen (secondary N) is 1. The summed E-state index contributed by atoms with van der Waals surface area (Å²) in [5.74, 6) is 0.903. The van der Waals surface area contributed by atoms with Gasteiger partial charge in [0.1, 0.15) is 5.82 Å². The van der Waals surface area contributed by atoms with E-state index < -0.39 is 0 Å². The molecule has 0 spiro atoms. The first-order valence-electron chi connectivity index (χ1n) is 6.81. The highest BCUT2D eigenvalue weighted by molar-refractivity contribution is 7.99. The molecule has 0 aliphatic carbocycles. The Morgan fingerprint density at radius 2 is 2.30 bits per heavy atom. The summed E-state index contributed by atoms with van der Waals surface area (Å²) in [6.07, 6.45) is 2.82. The molecule has 1 aromatic heterocycles. The van der Waals surface area contributed by atoms with Crippen molar-refractivity contribution < 1.29 is 4.39 Å². The number of hydrogen-bond acceptors (Lipinski definition) is 3. The van der Waals surface area contributed by atoms with Gasteiger partial charge in [-0.1, -0.05) is 0 Å². The molecule has 0 saturated heterocycles. The lowest BCUT2D eigenvalue weighted by Gasteiger charge is -2.29. The minimum Gasteiger partial charge on any atom is -0.302 e. The van der Waals surface area contributed by atoms with E-state index in [4.69, 9.17) is 0 Å². The third-order valence-corrected chi connectivity index (χ3v) is 4.89. The highest BCUT2D eigenvalue weighted by Gasteiger charge is 2.23. The van der Waals surface area contributed by atoms with Crippen LogP contribution in [0.3, 0.4) is 0 Å². The Kier molecular flexibility index (Phi) is 3.81. The smallest absolute Gasteiger partial charge is 0.123 e. The third-order valence-electron chi connectivity index (χ3n) is 3.77. The molecule has 0 radical (unpaired) electrons. The van der Waals surface area contributed by atoms with E-state index in [1.807, 2.05) is 23.9 Å². The lowest BCUT2D eigenvalue weighted by Crippen LogP contribution is -2.28. The summed E-state index contributed by atoms with van der Waals surface area (Å²) in [5, 5.41) is 7.81. The first-order chi connectivity index (χ1) is 9.65. The molecular formula is C15H18FN3S. The van der Waals surface area contributed by atoms with Gasteiger partial charge < -0.3 is 5.32 Å². The molecule has 1 aromatic carbocycles. The summed E-state index contributed by atoms with van der Waals surface area (Å²) in [6.45, 7) is 2.12. The largest absolute Gasteiger partial charge is 0.302 e. The maximum absolute atomic E-state index is 13.5. The quantitative estimate of drug-likeness (QED) is 0.939. The predicted octanol–water partition coefficient (Wildman–Crippen LogP) is 3.45. The number of benzene rings is 1. The fourth-order valence-corrected chi connectivity index (χ4v) is 3.84. The first-order valence-corrected chi connectivity index (χ1v) is 7.80. The number of thioether (sulfide) groups is 1. The monoisotopic (exact) mass is 291 g/mol. The molecule has 20 heavy (non-hydrogen) atoms. The first kappa shape index (κ1) is 13.6. The Balaban J connectivity index is 1.83. The lowest BCUT2D eigenvalue weighted by atomic mass is 10.0. The van der Waals surface area contributed by atoms with Crippen LogP contribution in [0.2, 0.25) is 0 Å². The number of fused-ring (bicyclic) bond motifs is 1. The van der Waals surface area contributed by atoms with Gasteiger partial charge in [0.2, 0.25) is 0 Å². The van der Waals surface area contributed by atoms with Gasteiger partial charge in [-0.2, -0.15) is 5.10 Å². The van der Waals surface area contributed by atoms with E-state index in [9.17, 15) is 4.39 Å². The van der Waals surface area contributed by atoms with E-state index in [-0.39, 0.29) is 17.9 Å². The Bertz CT molecular complexity index is 611. The van der Waals surface area contributed by atoms with Gasteiger partial charge in [-0.3, -0.25) is 4.68 Å². The number of nitrogens with zero attached hydrogens (tertiary/aromatic N) is 2.